The number of hydrogen-bond donors (Lipinski definition) is 2. The van der Waals surface area contributed by atoms with Crippen molar-refractivity contribution in [3.8, 4) is 0 Å². The van der Waals surface area contributed by atoms with Crippen LogP contribution >= 0.6 is 0 Å². The fourth-order valence-electron chi connectivity index (χ4n) is 3.65. The van der Waals surface area contributed by atoms with E-state index in [2.05, 4.69) is 48.4 Å². The number of rotatable bonds is 10. The molecule has 0 atom stereocenters. The van der Waals surface area contributed by atoms with Crippen LogP contribution in [0.4, 0.5) is 10.6 Å². The van der Waals surface area contributed by atoms with Crippen LogP contribution in [0.15, 0.2) is 18.3 Å². The third-order valence-corrected chi connectivity index (χ3v) is 5.37. The number of amides is 3. The van der Waals surface area contributed by atoms with Gasteiger partial charge >= 0.3 is 6.03 Å². The molecule has 0 spiro atoms. The highest BCUT2D eigenvalue weighted by atomic mass is 16.2. The molecule has 2 aromatic heterocycles. The van der Waals surface area contributed by atoms with Gasteiger partial charge in [0.25, 0.3) is 5.91 Å². The van der Waals surface area contributed by atoms with Gasteiger partial charge in [0.1, 0.15) is 11.5 Å². The molecular weight excluding hydrogens is 382 g/mol. The number of hydrogen-bond acceptors (Lipinski definition) is 5. The number of fused-ring (bicyclic) bond motifs is 1. The fraction of sp³-hybridized carbons (Fsp3) is 0.571. The molecule has 2 N–H and O–H groups in total. The first kappa shape index (κ1) is 21.9. The van der Waals surface area contributed by atoms with Crippen molar-refractivity contribution in [3.63, 3.8) is 0 Å². The lowest BCUT2D eigenvalue weighted by Crippen LogP contribution is -2.36. The molecule has 9 heteroatoms. The predicted molar refractivity (Wildman–Crippen MR) is 118 cm³/mol. The summed E-state index contributed by atoms with van der Waals surface area (Å²) in [6, 6.07) is 3.63. The molecule has 1 saturated heterocycles. The van der Waals surface area contributed by atoms with Crippen LogP contribution < -0.4 is 15.5 Å². The summed E-state index contributed by atoms with van der Waals surface area (Å²) in [5.74, 6) is 0.908. The molecule has 0 radical (unpaired) electrons. The predicted octanol–water partition coefficient (Wildman–Crippen LogP) is 1.04. The number of anilines is 1. The zero-order valence-electron chi connectivity index (χ0n) is 18.4. The SMILES string of the molecule is CCc1nc2ccc(C(=O)NCCN3CCNC3=O)cn2c1N(CC)CCN(C)C. The van der Waals surface area contributed by atoms with Crippen LogP contribution in [-0.4, -0.2) is 91.0 Å². The normalized spacial score (nSPS) is 13.9. The maximum Gasteiger partial charge on any atom is 0.317 e. The Morgan fingerprint density at radius 2 is 2.07 bits per heavy atom. The molecule has 0 aliphatic carbocycles. The molecule has 1 aliphatic heterocycles. The second kappa shape index (κ2) is 9.80. The molecule has 0 bridgehead atoms. The van der Waals surface area contributed by atoms with E-state index >= 15 is 0 Å². The number of imidazole rings is 1. The summed E-state index contributed by atoms with van der Waals surface area (Å²) in [4.78, 5) is 35.3. The first-order valence-electron chi connectivity index (χ1n) is 10.7. The lowest BCUT2D eigenvalue weighted by molar-refractivity contribution is 0.0950. The van der Waals surface area contributed by atoms with Crippen LogP contribution in [-0.2, 0) is 6.42 Å². The minimum absolute atomic E-state index is 0.0711. The Morgan fingerprint density at radius 1 is 1.27 bits per heavy atom. The summed E-state index contributed by atoms with van der Waals surface area (Å²) >= 11 is 0. The molecule has 30 heavy (non-hydrogen) atoms. The van der Waals surface area contributed by atoms with E-state index in [0.717, 1.165) is 43.2 Å². The van der Waals surface area contributed by atoms with E-state index in [1.807, 2.05) is 16.7 Å². The molecule has 9 nitrogen and oxygen atoms in total. The average molecular weight is 416 g/mol. The highest BCUT2D eigenvalue weighted by Crippen LogP contribution is 2.24. The molecule has 1 aliphatic rings. The summed E-state index contributed by atoms with van der Waals surface area (Å²) < 4.78 is 2.03. The molecule has 0 aromatic carbocycles. The minimum Gasteiger partial charge on any atom is -0.355 e. The number of nitrogens with one attached hydrogen (secondary N) is 2. The van der Waals surface area contributed by atoms with Crippen LogP contribution in [0.25, 0.3) is 5.65 Å². The Labute approximate surface area is 178 Å². The maximum absolute atomic E-state index is 12.7. The van der Waals surface area contributed by atoms with E-state index < -0.39 is 0 Å². The van der Waals surface area contributed by atoms with Crippen LogP contribution in [0.3, 0.4) is 0 Å². The van der Waals surface area contributed by atoms with Crippen LogP contribution in [0.5, 0.6) is 0 Å². The number of aryl methyl sites for hydroxylation is 1. The number of aromatic nitrogens is 2. The van der Waals surface area contributed by atoms with Gasteiger partial charge in [0.2, 0.25) is 0 Å². The van der Waals surface area contributed by atoms with E-state index in [-0.39, 0.29) is 11.9 Å². The highest BCUT2D eigenvalue weighted by molar-refractivity contribution is 5.94. The topological polar surface area (TPSA) is 85.2 Å². The molecule has 0 saturated carbocycles. The number of pyridine rings is 1. The second-order valence-corrected chi connectivity index (χ2v) is 7.74. The highest BCUT2D eigenvalue weighted by Gasteiger charge is 2.20. The standard InChI is InChI=1S/C21H33N7O2/c1-5-17-20(26(6-2)14-13-25(3)4)28-15-16(7-8-18(28)24-17)19(29)22-9-11-27-12-10-23-21(27)30/h7-8,15H,5-6,9-14H2,1-4H3,(H,22,29)(H,23,30). The summed E-state index contributed by atoms with van der Waals surface area (Å²) in [6.45, 7) is 9.20. The van der Waals surface area contributed by atoms with Gasteiger partial charge in [0.15, 0.2) is 0 Å². The summed E-state index contributed by atoms with van der Waals surface area (Å²) in [5.41, 5.74) is 2.46. The molecule has 3 amide bonds. The van der Waals surface area contributed by atoms with E-state index in [1.54, 1.807) is 11.0 Å². The Bertz CT molecular complexity index is 893. The van der Waals surface area contributed by atoms with E-state index in [1.165, 1.54) is 0 Å². The summed E-state index contributed by atoms with van der Waals surface area (Å²) in [6.07, 6.45) is 2.70. The van der Waals surface area contributed by atoms with Crippen molar-refractivity contribution in [2.45, 2.75) is 20.3 Å². The first-order chi connectivity index (χ1) is 14.4. The lowest BCUT2D eigenvalue weighted by atomic mass is 10.2. The van der Waals surface area contributed by atoms with Gasteiger partial charge in [-0.25, -0.2) is 9.78 Å². The van der Waals surface area contributed by atoms with Gasteiger partial charge < -0.3 is 25.3 Å². The Morgan fingerprint density at radius 3 is 2.70 bits per heavy atom. The molecule has 2 aromatic rings. The molecular formula is C21H33N7O2. The lowest BCUT2D eigenvalue weighted by Gasteiger charge is -2.25. The quantitative estimate of drug-likeness (QED) is 0.606. The van der Waals surface area contributed by atoms with Gasteiger partial charge in [0.05, 0.1) is 11.3 Å². The third-order valence-electron chi connectivity index (χ3n) is 5.37. The van der Waals surface area contributed by atoms with Gasteiger partial charge in [-0.15, -0.1) is 0 Å². The van der Waals surface area contributed by atoms with Crippen molar-refractivity contribution in [1.82, 2.24) is 29.8 Å². The Kier molecular flexibility index (Phi) is 7.15. The van der Waals surface area contributed by atoms with Gasteiger partial charge in [-0.05, 0) is 39.6 Å². The number of carbonyl (C=O) groups is 2. The van der Waals surface area contributed by atoms with Crippen molar-refractivity contribution in [2.75, 3.05) is 64.8 Å². The Hall–Kier alpha value is -2.81. The van der Waals surface area contributed by atoms with Crippen molar-refractivity contribution in [3.05, 3.63) is 29.6 Å². The van der Waals surface area contributed by atoms with Gasteiger partial charge in [0, 0.05) is 52.0 Å². The molecule has 3 heterocycles. The number of carbonyl (C=O) groups excluding carboxylic acids is 2. The van der Waals surface area contributed by atoms with Crippen molar-refractivity contribution < 1.29 is 9.59 Å². The zero-order chi connectivity index (χ0) is 21.7. The molecule has 0 unspecified atom stereocenters. The van der Waals surface area contributed by atoms with Crippen LogP contribution in [0.1, 0.15) is 29.9 Å². The van der Waals surface area contributed by atoms with Crippen molar-refractivity contribution >= 4 is 23.4 Å². The number of nitrogens with zero attached hydrogens (tertiary/aromatic N) is 5. The van der Waals surface area contributed by atoms with Crippen molar-refractivity contribution in [2.24, 2.45) is 0 Å². The van der Waals surface area contributed by atoms with Gasteiger partial charge in [-0.2, -0.15) is 0 Å². The summed E-state index contributed by atoms with van der Waals surface area (Å²) in [5, 5.41) is 5.68. The van der Waals surface area contributed by atoms with Crippen molar-refractivity contribution in [1.29, 1.82) is 0 Å². The monoisotopic (exact) mass is 415 g/mol. The largest absolute Gasteiger partial charge is 0.355 e. The van der Waals surface area contributed by atoms with Gasteiger partial charge in [-0.1, -0.05) is 6.92 Å². The van der Waals surface area contributed by atoms with E-state index in [0.29, 0.717) is 31.7 Å². The average Bonchev–Trinajstić information content (AvgIpc) is 3.31. The second-order valence-electron chi connectivity index (χ2n) is 7.74. The zero-order valence-corrected chi connectivity index (χ0v) is 18.4. The van der Waals surface area contributed by atoms with Crippen LogP contribution in [0, 0.1) is 0 Å². The van der Waals surface area contributed by atoms with E-state index in [4.69, 9.17) is 4.98 Å². The summed E-state index contributed by atoms with van der Waals surface area (Å²) in [7, 11) is 4.13. The smallest absolute Gasteiger partial charge is 0.317 e. The minimum atomic E-state index is -0.148. The first-order valence-corrected chi connectivity index (χ1v) is 10.7. The molecule has 164 valence electrons. The fourth-order valence-corrected chi connectivity index (χ4v) is 3.65. The van der Waals surface area contributed by atoms with E-state index in [9.17, 15) is 9.59 Å². The maximum atomic E-state index is 12.7. The molecule has 3 rings (SSSR count). The van der Waals surface area contributed by atoms with Crippen LogP contribution in [0.2, 0.25) is 0 Å². The number of likely N-dealkylation sites (N-methyl/N-ethyl adjacent to an activating group) is 2. The molecule has 1 fully saturated rings. The Balaban J connectivity index is 1.77. The van der Waals surface area contributed by atoms with Gasteiger partial charge in [-0.3, -0.25) is 9.20 Å². The third kappa shape index (κ3) is 4.84. The number of urea groups is 1.